The number of rotatable bonds is 3. The summed E-state index contributed by atoms with van der Waals surface area (Å²) in [6.07, 6.45) is 0.599. The summed E-state index contributed by atoms with van der Waals surface area (Å²) in [5.74, 6) is -1.21. The van der Waals surface area contributed by atoms with Crippen LogP contribution in [0.25, 0.3) is 20.8 Å². The number of carbonyl (C=O) groups excluding carboxylic acids is 1. The van der Waals surface area contributed by atoms with E-state index >= 15 is 0 Å². The summed E-state index contributed by atoms with van der Waals surface area (Å²) >= 11 is 1.58. The molecule has 2 N–H and O–H groups in total. The van der Waals surface area contributed by atoms with Crippen molar-refractivity contribution < 1.29 is 14.7 Å². The number of carboxylic acids is 1. The summed E-state index contributed by atoms with van der Waals surface area (Å²) in [6.45, 7) is 2.76. The molecule has 28 heavy (non-hydrogen) atoms. The Balaban J connectivity index is 1.58. The summed E-state index contributed by atoms with van der Waals surface area (Å²) in [5.41, 5.74) is 2.46. The highest BCUT2D eigenvalue weighted by Gasteiger charge is 2.32. The molecule has 144 valence electrons. The van der Waals surface area contributed by atoms with Crippen molar-refractivity contribution in [3.05, 3.63) is 48.5 Å². The van der Waals surface area contributed by atoms with Crippen LogP contribution in [0.15, 0.2) is 48.5 Å². The highest BCUT2D eigenvalue weighted by atomic mass is 32.1. The van der Waals surface area contributed by atoms with Crippen LogP contribution in [0.5, 0.6) is 0 Å². The molecule has 7 heteroatoms. The number of nitrogens with one attached hydrogen (secondary N) is 1. The van der Waals surface area contributed by atoms with Gasteiger partial charge >= 0.3 is 12.0 Å². The van der Waals surface area contributed by atoms with Crippen molar-refractivity contribution in [1.29, 1.82) is 0 Å². The highest BCUT2D eigenvalue weighted by Crippen LogP contribution is 2.34. The van der Waals surface area contributed by atoms with Crippen LogP contribution in [0.4, 0.5) is 10.5 Å². The van der Waals surface area contributed by atoms with Crippen molar-refractivity contribution in [3.8, 4) is 10.6 Å². The van der Waals surface area contributed by atoms with Crippen molar-refractivity contribution in [1.82, 2.24) is 9.88 Å². The van der Waals surface area contributed by atoms with Crippen LogP contribution in [-0.4, -0.2) is 40.1 Å². The Morgan fingerprint density at radius 2 is 1.89 bits per heavy atom. The van der Waals surface area contributed by atoms with Crippen molar-refractivity contribution in [3.63, 3.8) is 0 Å². The molecule has 3 aromatic rings. The first-order valence-corrected chi connectivity index (χ1v) is 10.1. The second-order valence-electron chi connectivity index (χ2n) is 7.24. The van der Waals surface area contributed by atoms with Crippen LogP contribution in [0.2, 0.25) is 0 Å². The molecule has 6 nitrogen and oxygen atoms in total. The molecule has 1 fully saturated rings. The lowest BCUT2D eigenvalue weighted by Gasteiger charge is -2.34. The van der Waals surface area contributed by atoms with E-state index in [4.69, 9.17) is 0 Å². The number of hydrogen-bond donors (Lipinski definition) is 2. The fraction of sp³-hybridized carbons (Fsp3) is 0.286. The van der Waals surface area contributed by atoms with E-state index in [0.717, 1.165) is 20.8 Å². The second kappa shape index (κ2) is 7.59. The number of aromatic nitrogens is 1. The maximum Gasteiger partial charge on any atom is 0.321 e. The Morgan fingerprint density at radius 1 is 1.14 bits per heavy atom. The first-order valence-electron chi connectivity index (χ1n) is 9.25. The summed E-state index contributed by atoms with van der Waals surface area (Å²) in [7, 11) is 0. The van der Waals surface area contributed by atoms with Gasteiger partial charge in [0.15, 0.2) is 0 Å². The normalized spacial score (nSPS) is 19.5. The minimum atomic E-state index is -0.848. The number of para-hydroxylation sites is 2. The zero-order valence-corrected chi connectivity index (χ0v) is 16.3. The molecule has 1 aromatic heterocycles. The first-order chi connectivity index (χ1) is 13.5. The Bertz CT molecular complexity index is 999. The molecule has 2 atom stereocenters. The van der Waals surface area contributed by atoms with Gasteiger partial charge in [-0.1, -0.05) is 31.2 Å². The molecule has 1 aliphatic heterocycles. The lowest BCUT2D eigenvalue weighted by molar-refractivity contribution is -0.143. The minimum absolute atomic E-state index is 0.153. The Kier molecular flexibility index (Phi) is 5.00. The quantitative estimate of drug-likeness (QED) is 0.682. The fourth-order valence-electron chi connectivity index (χ4n) is 3.66. The topological polar surface area (TPSA) is 82.5 Å². The SMILES string of the molecule is CC1CC(C(=O)O)CN(C(=O)Nc2ccccc2-c2nc3ccccc3s2)C1. The lowest BCUT2D eigenvalue weighted by Crippen LogP contribution is -2.47. The first kappa shape index (κ1) is 18.4. The summed E-state index contributed by atoms with van der Waals surface area (Å²) in [4.78, 5) is 30.5. The lowest BCUT2D eigenvalue weighted by atomic mass is 9.91. The molecule has 0 saturated carbocycles. The highest BCUT2D eigenvalue weighted by molar-refractivity contribution is 7.21. The molecule has 4 rings (SSSR count). The van der Waals surface area contributed by atoms with E-state index in [9.17, 15) is 14.7 Å². The number of hydrogen-bond acceptors (Lipinski definition) is 4. The van der Waals surface area contributed by atoms with Gasteiger partial charge in [0, 0.05) is 18.7 Å². The maximum atomic E-state index is 12.8. The zero-order valence-electron chi connectivity index (χ0n) is 15.5. The fourth-order valence-corrected chi connectivity index (χ4v) is 4.66. The van der Waals surface area contributed by atoms with Gasteiger partial charge in [0.2, 0.25) is 0 Å². The minimum Gasteiger partial charge on any atom is -0.481 e. The smallest absolute Gasteiger partial charge is 0.321 e. The average molecular weight is 395 g/mol. The second-order valence-corrected chi connectivity index (χ2v) is 8.27. The number of aliphatic carboxylic acids is 1. The van der Waals surface area contributed by atoms with Gasteiger partial charge in [-0.3, -0.25) is 4.79 Å². The number of fused-ring (bicyclic) bond motifs is 1. The molecule has 0 aliphatic carbocycles. The van der Waals surface area contributed by atoms with Gasteiger partial charge in [0.1, 0.15) is 5.01 Å². The third-order valence-corrected chi connectivity index (χ3v) is 6.06. The van der Waals surface area contributed by atoms with E-state index < -0.39 is 11.9 Å². The molecule has 2 unspecified atom stereocenters. The van der Waals surface area contributed by atoms with Gasteiger partial charge in [0.05, 0.1) is 21.8 Å². The number of nitrogens with zero attached hydrogens (tertiary/aromatic N) is 2. The van der Waals surface area contributed by atoms with E-state index in [-0.39, 0.29) is 18.5 Å². The van der Waals surface area contributed by atoms with Crippen molar-refractivity contribution >= 4 is 39.2 Å². The predicted octanol–water partition coefficient (Wildman–Crippen LogP) is 4.54. The number of benzene rings is 2. The molecule has 2 heterocycles. The number of likely N-dealkylation sites (tertiary alicyclic amines) is 1. The van der Waals surface area contributed by atoms with E-state index in [2.05, 4.69) is 10.3 Å². The maximum absolute atomic E-state index is 12.8. The zero-order chi connectivity index (χ0) is 19.7. The number of piperidine rings is 1. The van der Waals surface area contributed by atoms with Crippen LogP contribution < -0.4 is 5.32 Å². The monoisotopic (exact) mass is 395 g/mol. The number of carbonyl (C=O) groups is 2. The molecular formula is C21H21N3O3S. The predicted molar refractivity (Wildman–Crippen MR) is 111 cm³/mol. The number of thiazole rings is 1. The van der Waals surface area contributed by atoms with E-state index in [1.807, 2.05) is 55.5 Å². The van der Waals surface area contributed by atoms with E-state index in [1.165, 1.54) is 0 Å². The van der Waals surface area contributed by atoms with Crippen molar-refractivity contribution in [2.75, 3.05) is 18.4 Å². The van der Waals surface area contributed by atoms with Gasteiger partial charge in [-0.05, 0) is 36.6 Å². The van der Waals surface area contributed by atoms with E-state index in [0.29, 0.717) is 18.7 Å². The number of carboxylic acid groups (broad SMARTS) is 1. The molecular weight excluding hydrogens is 374 g/mol. The van der Waals surface area contributed by atoms with Gasteiger partial charge in [-0.2, -0.15) is 0 Å². The van der Waals surface area contributed by atoms with Crippen molar-refractivity contribution in [2.24, 2.45) is 11.8 Å². The number of anilines is 1. The molecule has 1 saturated heterocycles. The van der Waals surface area contributed by atoms with Crippen LogP contribution in [0.1, 0.15) is 13.3 Å². The molecule has 0 radical (unpaired) electrons. The molecule has 2 aromatic carbocycles. The van der Waals surface area contributed by atoms with Gasteiger partial charge in [-0.15, -0.1) is 11.3 Å². The summed E-state index contributed by atoms with van der Waals surface area (Å²) < 4.78 is 1.09. The van der Waals surface area contributed by atoms with Crippen LogP contribution in [-0.2, 0) is 4.79 Å². The van der Waals surface area contributed by atoms with Crippen LogP contribution in [0, 0.1) is 11.8 Å². The number of amides is 2. The Labute approximate surface area is 166 Å². The average Bonchev–Trinajstić information content (AvgIpc) is 3.12. The standard InChI is InChI=1S/C21H21N3O3S/c1-13-10-14(20(25)26)12-24(11-13)21(27)23-16-7-3-2-6-15(16)19-22-17-8-4-5-9-18(17)28-19/h2-9,13-14H,10-12H2,1H3,(H,23,27)(H,25,26). The van der Waals surface area contributed by atoms with Gasteiger partial charge in [-0.25, -0.2) is 9.78 Å². The number of urea groups is 1. The van der Waals surface area contributed by atoms with Crippen LogP contribution in [0.3, 0.4) is 0 Å². The largest absolute Gasteiger partial charge is 0.481 e. The molecule has 2 amide bonds. The van der Waals surface area contributed by atoms with Crippen molar-refractivity contribution in [2.45, 2.75) is 13.3 Å². The van der Waals surface area contributed by atoms with Gasteiger partial charge in [0.25, 0.3) is 0 Å². The van der Waals surface area contributed by atoms with Gasteiger partial charge < -0.3 is 15.3 Å². The Morgan fingerprint density at radius 3 is 2.68 bits per heavy atom. The summed E-state index contributed by atoms with van der Waals surface area (Å²) in [5, 5.41) is 13.1. The van der Waals surface area contributed by atoms with E-state index in [1.54, 1.807) is 16.2 Å². The Hall–Kier alpha value is -2.93. The molecule has 0 bridgehead atoms. The summed E-state index contributed by atoms with van der Waals surface area (Å²) in [6, 6.07) is 15.2. The molecule has 0 spiro atoms. The van der Waals surface area contributed by atoms with Crippen LogP contribution >= 0.6 is 11.3 Å². The molecule has 1 aliphatic rings. The third kappa shape index (κ3) is 3.71. The third-order valence-electron chi connectivity index (χ3n) is 4.99.